The molecule has 2 rings (SSSR count). The van der Waals surface area contributed by atoms with Gasteiger partial charge in [-0.25, -0.2) is 0 Å². The second kappa shape index (κ2) is 11.3. The van der Waals surface area contributed by atoms with E-state index in [1.54, 1.807) is 42.7 Å². The third-order valence-corrected chi connectivity index (χ3v) is 4.19. The van der Waals surface area contributed by atoms with Gasteiger partial charge in [0.2, 0.25) is 11.8 Å². The normalized spacial score (nSPS) is 11.3. The summed E-state index contributed by atoms with van der Waals surface area (Å²) >= 11 is 0. The number of rotatable bonds is 9. The Bertz CT molecular complexity index is 905. The predicted molar refractivity (Wildman–Crippen MR) is 112 cm³/mol. The second-order valence-corrected chi connectivity index (χ2v) is 7.20. The molecular formula is C22H25N5O3. The van der Waals surface area contributed by atoms with Gasteiger partial charge in [-0.3, -0.25) is 19.4 Å². The van der Waals surface area contributed by atoms with Gasteiger partial charge in [0, 0.05) is 23.6 Å². The Morgan fingerprint density at radius 2 is 1.87 bits per heavy atom. The minimum Gasteiger partial charge on any atom is -0.341 e. The molecule has 0 saturated heterocycles. The Hall–Kier alpha value is -3.73. The van der Waals surface area contributed by atoms with Gasteiger partial charge in [0.15, 0.2) is 0 Å². The molecule has 30 heavy (non-hydrogen) atoms. The molecule has 1 heterocycles. The molecule has 3 N–H and O–H groups in total. The van der Waals surface area contributed by atoms with E-state index in [1.807, 2.05) is 26.0 Å². The molecule has 0 saturated carbocycles. The number of hydrogen-bond donors (Lipinski definition) is 3. The first-order valence-electron chi connectivity index (χ1n) is 9.63. The van der Waals surface area contributed by atoms with E-state index in [9.17, 15) is 14.4 Å². The van der Waals surface area contributed by atoms with Gasteiger partial charge >= 0.3 is 0 Å². The minimum atomic E-state index is -0.732. The third kappa shape index (κ3) is 7.36. The van der Waals surface area contributed by atoms with Crippen LogP contribution < -0.4 is 16.0 Å². The van der Waals surface area contributed by atoms with Crippen molar-refractivity contribution in [1.29, 1.82) is 5.26 Å². The highest BCUT2D eigenvalue weighted by Crippen LogP contribution is 2.12. The number of carbonyl (C=O) groups excluding carboxylic acids is 3. The van der Waals surface area contributed by atoms with Gasteiger partial charge in [-0.1, -0.05) is 19.9 Å². The van der Waals surface area contributed by atoms with E-state index in [0.29, 0.717) is 17.7 Å². The lowest BCUT2D eigenvalue weighted by atomic mass is 10.0. The highest BCUT2D eigenvalue weighted by Gasteiger charge is 2.22. The highest BCUT2D eigenvalue weighted by atomic mass is 16.2. The predicted octanol–water partition coefficient (Wildman–Crippen LogP) is 2.05. The second-order valence-electron chi connectivity index (χ2n) is 7.20. The number of pyridine rings is 1. The number of amides is 3. The maximum atomic E-state index is 12.5. The molecule has 1 aromatic heterocycles. The average molecular weight is 407 g/mol. The standard InChI is InChI=1S/C22H25N5O3/c1-15(2)12-19(22(30)25-11-9-23)27-21(29)17-5-7-18(8-6-17)26-20(28)13-16-4-3-10-24-14-16/h3-8,10,14-15,19H,11-13H2,1-2H3,(H,25,30)(H,26,28)(H,27,29)/t19-/m0/s1. The van der Waals surface area contributed by atoms with Crippen LogP contribution in [0.1, 0.15) is 36.2 Å². The summed E-state index contributed by atoms with van der Waals surface area (Å²) < 4.78 is 0. The van der Waals surface area contributed by atoms with Gasteiger partial charge in [-0.05, 0) is 48.2 Å². The highest BCUT2D eigenvalue weighted by molar-refractivity contribution is 5.98. The van der Waals surface area contributed by atoms with Gasteiger partial charge in [0.25, 0.3) is 5.91 Å². The number of anilines is 1. The van der Waals surface area contributed by atoms with Crippen molar-refractivity contribution in [1.82, 2.24) is 15.6 Å². The molecule has 8 heteroatoms. The monoisotopic (exact) mass is 407 g/mol. The fourth-order valence-electron chi connectivity index (χ4n) is 2.79. The molecule has 0 fully saturated rings. The van der Waals surface area contributed by atoms with Crippen LogP contribution in [0.25, 0.3) is 0 Å². The van der Waals surface area contributed by atoms with Crippen molar-refractivity contribution in [3.8, 4) is 6.07 Å². The third-order valence-electron chi connectivity index (χ3n) is 4.19. The van der Waals surface area contributed by atoms with Crippen molar-refractivity contribution in [2.75, 3.05) is 11.9 Å². The van der Waals surface area contributed by atoms with Crippen molar-refractivity contribution >= 4 is 23.4 Å². The van der Waals surface area contributed by atoms with Crippen LogP contribution in [0.4, 0.5) is 5.69 Å². The summed E-state index contributed by atoms with van der Waals surface area (Å²) in [4.78, 5) is 40.8. The van der Waals surface area contributed by atoms with Crippen LogP contribution >= 0.6 is 0 Å². The number of nitriles is 1. The topological polar surface area (TPSA) is 124 Å². The SMILES string of the molecule is CC(C)C[C@H](NC(=O)c1ccc(NC(=O)Cc2cccnc2)cc1)C(=O)NCC#N. The molecule has 0 radical (unpaired) electrons. The zero-order chi connectivity index (χ0) is 21.9. The van der Waals surface area contributed by atoms with Crippen molar-refractivity contribution < 1.29 is 14.4 Å². The van der Waals surface area contributed by atoms with Gasteiger partial charge < -0.3 is 16.0 Å². The van der Waals surface area contributed by atoms with E-state index in [2.05, 4.69) is 20.9 Å². The van der Waals surface area contributed by atoms with E-state index in [0.717, 1.165) is 5.56 Å². The number of aromatic nitrogens is 1. The Labute approximate surface area is 175 Å². The first kappa shape index (κ1) is 22.6. The molecule has 2 aromatic rings. The lowest BCUT2D eigenvalue weighted by Crippen LogP contribution is -2.47. The van der Waals surface area contributed by atoms with Crippen molar-refractivity contribution in [2.24, 2.45) is 5.92 Å². The molecule has 3 amide bonds. The summed E-state index contributed by atoms with van der Waals surface area (Å²) in [6, 6.07) is 11.1. The fraction of sp³-hybridized carbons (Fsp3) is 0.318. The summed E-state index contributed by atoms with van der Waals surface area (Å²) in [6.07, 6.45) is 3.92. The Kier molecular flexibility index (Phi) is 8.51. The van der Waals surface area contributed by atoms with Gasteiger partial charge in [-0.2, -0.15) is 5.26 Å². The van der Waals surface area contributed by atoms with E-state index in [1.165, 1.54) is 0 Å². The van der Waals surface area contributed by atoms with Crippen molar-refractivity contribution in [2.45, 2.75) is 32.7 Å². The number of hydrogen-bond acceptors (Lipinski definition) is 5. The molecule has 0 aliphatic rings. The van der Waals surface area contributed by atoms with E-state index in [4.69, 9.17) is 5.26 Å². The molecule has 0 aliphatic heterocycles. The van der Waals surface area contributed by atoms with Crippen LogP contribution in [-0.2, 0) is 16.0 Å². The van der Waals surface area contributed by atoms with Crippen LogP contribution in [0.5, 0.6) is 0 Å². The molecule has 156 valence electrons. The zero-order valence-corrected chi connectivity index (χ0v) is 17.0. The number of nitrogens with zero attached hydrogens (tertiary/aromatic N) is 2. The minimum absolute atomic E-state index is 0.114. The summed E-state index contributed by atoms with van der Waals surface area (Å²) in [5, 5.41) is 16.6. The van der Waals surface area contributed by atoms with Crippen molar-refractivity contribution in [3.63, 3.8) is 0 Å². The molecule has 1 aromatic carbocycles. The number of carbonyl (C=O) groups is 3. The summed E-state index contributed by atoms with van der Waals surface area (Å²) in [7, 11) is 0. The molecule has 8 nitrogen and oxygen atoms in total. The van der Waals surface area contributed by atoms with Crippen LogP contribution in [-0.4, -0.2) is 35.3 Å². The number of nitrogens with one attached hydrogen (secondary N) is 3. The van der Waals surface area contributed by atoms with Crippen LogP contribution in [0.2, 0.25) is 0 Å². The fourth-order valence-corrected chi connectivity index (χ4v) is 2.79. The first-order chi connectivity index (χ1) is 14.4. The lowest BCUT2D eigenvalue weighted by Gasteiger charge is -2.19. The largest absolute Gasteiger partial charge is 0.341 e. The molecule has 0 unspecified atom stereocenters. The smallest absolute Gasteiger partial charge is 0.251 e. The van der Waals surface area contributed by atoms with Gasteiger partial charge in [0.05, 0.1) is 12.5 Å². The van der Waals surface area contributed by atoms with Crippen LogP contribution in [0.3, 0.4) is 0 Å². The Morgan fingerprint density at radius 3 is 2.47 bits per heavy atom. The Morgan fingerprint density at radius 1 is 1.13 bits per heavy atom. The molecule has 1 atom stereocenters. The molecule has 0 spiro atoms. The molecule has 0 aliphatic carbocycles. The zero-order valence-electron chi connectivity index (χ0n) is 17.0. The average Bonchev–Trinajstić information content (AvgIpc) is 2.72. The maximum absolute atomic E-state index is 12.5. The van der Waals surface area contributed by atoms with E-state index < -0.39 is 17.9 Å². The van der Waals surface area contributed by atoms with Crippen LogP contribution in [0.15, 0.2) is 48.8 Å². The first-order valence-corrected chi connectivity index (χ1v) is 9.63. The Balaban J connectivity index is 1.96. The quantitative estimate of drug-likeness (QED) is 0.549. The number of benzene rings is 1. The van der Waals surface area contributed by atoms with E-state index in [-0.39, 0.29) is 24.8 Å². The summed E-state index contributed by atoms with van der Waals surface area (Å²) in [5.41, 5.74) is 1.73. The maximum Gasteiger partial charge on any atom is 0.251 e. The summed E-state index contributed by atoms with van der Waals surface area (Å²) in [6.45, 7) is 3.77. The van der Waals surface area contributed by atoms with Crippen LogP contribution in [0, 0.1) is 17.2 Å². The summed E-state index contributed by atoms with van der Waals surface area (Å²) in [5.74, 6) is -0.800. The molecule has 0 bridgehead atoms. The lowest BCUT2D eigenvalue weighted by molar-refractivity contribution is -0.123. The van der Waals surface area contributed by atoms with Gasteiger partial charge in [0.1, 0.15) is 12.6 Å². The van der Waals surface area contributed by atoms with Crippen molar-refractivity contribution in [3.05, 3.63) is 59.9 Å². The van der Waals surface area contributed by atoms with Gasteiger partial charge in [-0.15, -0.1) is 0 Å². The van der Waals surface area contributed by atoms with E-state index >= 15 is 0 Å². The molecular weight excluding hydrogens is 382 g/mol.